The number of amides is 4. The summed E-state index contributed by atoms with van der Waals surface area (Å²) in [5.41, 5.74) is 1.80. The zero-order valence-corrected chi connectivity index (χ0v) is 32.9. The Labute approximate surface area is 323 Å². The van der Waals surface area contributed by atoms with Crippen molar-refractivity contribution >= 4 is 23.6 Å². The van der Waals surface area contributed by atoms with E-state index in [0.717, 1.165) is 62.7 Å². The van der Waals surface area contributed by atoms with Gasteiger partial charge >= 0.3 is 0 Å². The predicted octanol–water partition coefficient (Wildman–Crippen LogP) is 3.93. The molecule has 6 atom stereocenters. The lowest BCUT2D eigenvalue weighted by Gasteiger charge is -2.34. The van der Waals surface area contributed by atoms with Crippen LogP contribution in [0.3, 0.4) is 0 Å². The average Bonchev–Trinajstić information content (AvgIpc) is 3.17. The van der Waals surface area contributed by atoms with E-state index >= 15 is 0 Å². The van der Waals surface area contributed by atoms with Crippen LogP contribution in [0.25, 0.3) is 0 Å². The van der Waals surface area contributed by atoms with Gasteiger partial charge in [-0.25, -0.2) is 0 Å². The highest BCUT2D eigenvalue weighted by atomic mass is 16.3. The minimum atomic E-state index is -1.22. The first kappa shape index (κ1) is 42.9. The lowest BCUT2D eigenvalue weighted by Crippen LogP contribution is -2.61. The van der Waals surface area contributed by atoms with Crippen LogP contribution in [0.2, 0.25) is 0 Å². The van der Waals surface area contributed by atoms with E-state index in [9.17, 15) is 24.3 Å². The molecular weight excluding hydrogens is 681 g/mol. The van der Waals surface area contributed by atoms with Crippen molar-refractivity contribution < 1.29 is 24.3 Å². The Morgan fingerprint density at radius 1 is 0.611 bits per heavy atom. The van der Waals surface area contributed by atoms with E-state index in [1.165, 1.54) is 0 Å². The number of aliphatic hydroxyl groups excluding tert-OH is 1. The third-order valence-electron chi connectivity index (χ3n) is 10.9. The van der Waals surface area contributed by atoms with E-state index in [2.05, 4.69) is 31.9 Å². The van der Waals surface area contributed by atoms with Crippen LogP contribution in [0.1, 0.15) is 103 Å². The van der Waals surface area contributed by atoms with Gasteiger partial charge in [0.1, 0.15) is 12.1 Å². The zero-order chi connectivity index (χ0) is 38.9. The third kappa shape index (κ3) is 14.5. The Morgan fingerprint density at radius 3 is 1.33 bits per heavy atom. The first-order valence-corrected chi connectivity index (χ1v) is 20.4. The number of hydrogen-bond acceptors (Lipinski definition) is 7. The molecule has 4 amide bonds. The Morgan fingerprint density at radius 2 is 1.00 bits per heavy atom. The standard InChI is InChI=1S/C43H66N6O5/c1-29(2)39(48-37(50)23-21-33-19-11-13-25-44-33)42(53)46-35(27-31-15-7-5-8-16-31)41(52)36(28-32-17-9-6-10-18-32)47-43(54)40(30(3)4)49-38(51)24-22-34-20-12-14-26-45-34/h5-10,15-18,29-30,33-36,39-41,44-45,52H,11-14,19-28H2,1-4H3,(H,46,53)(H,47,54)(H,48,50)(H,49,51)/t33?,34?,35-,36-,39-,40-,41?/m0/s1. The van der Waals surface area contributed by atoms with Crippen molar-refractivity contribution in [3.05, 3.63) is 71.8 Å². The summed E-state index contributed by atoms with van der Waals surface area (Å²) < 4.78 is 0. The van der Waals surface area contributed by atoms with Gasteiger partial charge < -0.3 is 37.0 Å². The monoisotopic (exact) mass is 747 g/mol. The summed E-state index contributed by atoms with van der Waals surface area (Å²) in [6, 6.07) is 16.5. The number of hydrogen-bond donors (Lipinski definition) is 7. The smallest absolute Gasteiger partial charge is 0.243 e. The van der Waals surface area contributed by atoms with Gasteiger partial charge in [0.15, 0.2) is 0 Å². The number of carbonyl (C=O) groups is 4. The van der Waals surface area contributed by atoms with Crippen LogP contribution in [-0.2, 0) is 32.0 Å². The Kier molecular flexibility index (Phi) is 17.9. The summed E-state index contributed by atoms with van der Waals surface area (Å²) >= 11 is 0. The van der Waals surface area contributed by atoms with Crippen molar-refractivity contribution in [2.45, 2.75) is 147 Å². The van der Waals surface area contributed by atoms with Gasteiger partial charge in [0.25, 0.3) is 0 Å². The van der Waals surface area contributed by atoms with Gasteiger partial charge in [-0.05, 0) is 87.4 Å². The molecule has 0 bridgehead atoms. The number of piperidine rings is 2. The summed E-state index contributed by atoms with van der Waals surface area (Å²) in [5, 5.41) is 31.3. The van der Waals surface area contributed by atoms with Crippen molar-refractivity contribution in [2.75, 3.05) is 13.1 Å². The molecule has 2 unspecified atom stereocenters. The van der Waals surface area contributed by atoms with Crippen LogP contribution in [-0.4, -0.2) is 84.2 Å². The maximum atomic E-state index is 14.0. The minimum Gasteiger partial charge on any atom is -0.389 e. The molecule has 0 spiro atoms. The summed E-state index contributed by atoms with van der Waals surface area (Å²) in [5.74, 6) is -1.55. The van der Waals surface area contributed by atoms with Gasteiger partial charge in [0, 0.05) is 24.9 Å². The van der Waals surface area contributed by atoms with Gasteiger partial charge in [0.2, 0.25) is 23.6 Å². The van der Waals surface area contributed by atoms with Crippen LogP contribution >= 0.6 is 0 Å². The van der Waals surface area contributed by atoms with Gasteiger partial charge in [-0.1, -0.05) is 101 Å². The zero-order valence-electron chi connectivity index (χ0n) is 32.9. The molecule has 2 aliphatic rings. The van der Waals surface area contributed by atoms with E-state index < -0.39 is 42.1 Å². The first-order chi connectivity index (χ1) is 26.0. The minimum absolute atomic E-state index is 0.178. The van der Waals surface area contributed by atoms with Gasteiger partial charge in [-0.15, -0.1) is 0 Å². The molecule has 7 N–H and O–H groups in total. The molecule has 0 radical (unpaired) electrons. The van der Waals surface area contributed by atoms with Gasteiger partial charge in [0.05, 0.1) is 18.2 Å². The highest BCUT2D eigenvalue weighted by molar-refractivity contribution is 5.89. The molecule has 0 aromatic heterocycles. The molecule has 2 fully saturated rings. The normalized spacial score (nSPS) is 20.3. The lowest BCUT2D eigenvalue weighted by atomic mass is 9.91. The SMILES string of the molecule is CC(C)[C@H](NC(=O)CCC1CCCCN1)C(=O)N[C@@H](Cc1ccccc1)C(O)[C@H](Cc1ccccc1)NC(=O)[C@@H](NC(=O)CCC1CCCCN1)C(C)C. The molecule has 2 heterocycles. The molecule has 54 heavy (non-hydrogen) atoms. The van der Waals surface area contributed by atoms with Crippen molar-refractivity contribution in [3.63, 3.8) is 0 Å². The second kappa shape index (κ2) is 22.5. The van der Waals surface area contributed by atoms with E-state index in [0.29, 0.717) is 50.6 Å². The fourth-order valence-corrected chi connectivity index (χ4v) is 7.59. The Bertz CT molecular complexity index is 1320. The molecule has 0 aliphatic carbocycles. The largest absolute Gasteiger partial charge is 0.389 e. The van der Waals surface area contributed by atoms with Crippen molar-refractivity contribution in [1.82, 2.24) is 31.9 Å². The topological polar surface area (TPSA) is 161 Å². The number of benzene rings is 2. The maximum absolute atomic E-state index is 14.0. The average molecular weight is 747 g/mol. The molecule has 2 saturated heterocycles. The predicted molar refractivity (Wildman–Crippen MR) is 213 cm³/mol. The fraction of sp³-hybridized carbons (Fsp3) is 0.628. The Balaban J connectivity index is 1.51. The second-order valence-corrected chi connectivity index (χ2v) is 16.0. The maximum Gasteiger partial charge on any atom is 0.243 e. The number of rotatable bonds is 20. The molecule has 0 saturated carbocycles. The molecule has 298 valence electrons. The summed E-state index contributed by atoms with van der Waals surface area (Å²) in [7, 11) is 0. The van der Waals surface area contributed by atoms with Crippen molar-refractivity contribution in [1.29, 1.82) is 0 Å². The van der Waals surface area contributed by atoms with Crippen molar-refractivity contribution in [2.24, 2.45) is 11.8 Å². The van der Waals surface area contributed by atoms with Gasteiger partial charge in [-0.3, -0.25) is 19.2 Å². The van der Waals surface area contributed by atoms with E-state index in [1.807, 2.05) is 88.4 Å². The highest BCUT2D eigenvalue weighted by Crippen LogP contribution is 2.17. The van der Waals surface area contributed by atoms with Crippen LogP contribution in [0.4, 0.5) is 0 Å². The van der Waals surface area contributed by atoms with Crippen LogP contribution < -0.4 is 31.9 Å². The van der Waals surface area contributed by atoms with Crippen LogP contribution in [0.5, 0.6) is 0 Å². The second-order valence-electron chi connectivity index (χ2n) is 16.0. The summed E-state index contributed by atoms with van der Waals surface area (Å²) in [4.78, 5) is 54.3. The molecule has 2 aromatic rings. The molecule has 2 aliphatic heterocycles. The quantitative estimate of drug-likeness (QED) is 0.108. The van der Waals surface area contributed by atoms with Crippen LogP contribution in [0.15, 0.2) is 60.7 Å². The number of carbonyl (C=O) groups excluding carboxylic acids is 4. The molecule has 4 rings (SSSR count). The van der Waals surface area contributed by atoms with E-state index in [1.54, 1.807) is 0 Å². The Hall–Kier alpha value is -3.80. The molecule has 11 nitrogen and oxygen atoms in total. The van der Waals surface area contributed by atoms with Gasteiger partial charge in [-0.2, -0.15) is 0 Å². The molecular formula is C43H66N6O5. The summed E-state index contributed by atoms with van der Waals surface area (Å²) in [6.45, 7) is 9.48. The van der Waals surface area contributed by atoms with Crippen LogP contribution in [0, 0.1) is 11.8 Å². The summed E-state index contributed by atoms with van der Waals surface area (Å²) in [6.07, 6.45) is 8.12. The molecule has 2 aromatic carbocycles. The van der Waals surface area contributed by atoms with E-state index in [-0.39, 0.29) is 23.7 Å². The first-order valence-electron chi connectivity index (χ1n) is 20.4. The number of nitrogens with one attached hydrogen (secondary N) is 6. The van der Waals surface area contributed by atoms with E-state index in [4.69, 9.17) is 0 Å². The fourth-order valence-electron chi connectivity index (χ4n) is 7.59. The van der Waals surface area contributed by atoms with Crippen molar-refractivity contribution in [3.8, 4) is 0 Å². The third-order valence-corrected chi connectivity index (χ3v) is 10.9. The highest BCUT2D eigenvalue weighted by Gasteiger charge is 2.35. The number of aliphatic hydroxyl groups is 1. The molecule has 11 heteroatoms. The lowest BCUT2D eigenvalue weighted by molar-refractivity contribution is -0.132.